The van der Waals surface area contributed by atoms with Crippen LogP contribution in [0, 0.1) is 5.92 Å². The van der Waals surface area contributed by atoms with Gasteiger partial charge in [-0.3, -0.25) is 14.8 Å². The Kier molecular flexibility index (Phi) is 5.59. The molecule has 2 unspecified atom stereocenters. The summed E-state index contributed by atoms with van der Waals surface area (Å²) in [6.45, 7) is 5.89. The minimum atomic E-state index is -0.370. The maximum absolute atomic E-state index is 13.1. The zero-order valence-corrected chi connectivity index (χ0v) is 17.4. The third-order valence-corrected chi connectivity index (χ3v) is 5.46. The molecule has 1 amide bonds. The van der Waals surface area contributed by atoms with Crippen LogP contribution in [0.3, 0.4) is 0 Å². The molecule has 1 saturated heterocycles. The number of aromatic nitrogens is 2. The predicted octanol–water partition coefficient (Wildman–Crippen LogP) is 3.18. The summed E-state index contributed by atoms with van der Waals surface area (Å²) in [5.74, 6) is 0.161. The van der Waals surface area contributed by atoms with Gasteiger partial charge in [-0.1, -0.05) is 20.3 Å². The lowest BCUT2D eigenvalue weighted by molar-refractivity contribution is 0.102. The van der Waals surface area contributed by atoms with Crippen molar-refractivity contribution in [3.05, 3.63) is 41.9 Å². The molecule has 0 aromatic carbocycles. The van der Waals surface area contributed by atoms with Crippen LogP contribution in [0.4, 0.5) is 17.3 Å². The Morgan fingerprint density at radius 2 is 2.20 bits per heavy atom. The number of anilines is 3. The average Bonchev–Trinajstić information content (AvgIpc) is 3.03. The van der Waals surface area contributed by atoms with E-state index >= 15 is 0 Å². The molecule has 4 rings (SSSR count). The number of nitrogen functional groups attached to an aromatic ring is 1. The summed E-state index contributed by atoms with van der Waals surface area (Å²) < 4.78 is 5.63. The molecule has 0 aliphatic carbocycles. The Bertz CT molecular complexity index is 1050. The van der Waals surface area contributed by atoms with Crippen molar-refractivity contribution in [1.82, 2.24) is 9.97 Å². The first-order valence-corrected chi connectivity index (χ1v) is 10.4. The Morgan fingerprint density at radius 3 is 2.97 bits per heavy atom. The summed E-state index contributed by atoms with van der Waals surface area (Å²) in [6.07, 6.45) is 8.01. The minimum Gasteiger partial charge on any atom is -0.438 e. The van der Waals surface area contributed by atoms with Crippen molar-refractivity contribution in [1.29, 1.82) is 0 Å². The van der Waals surface area contributed by atoms with E-state index in [1.807, 2.05) is 12.1 Å². The number of pyridine rings is 2. The van der Waals surface area contributed by atoms with E-state index < -0.39 is 0 Å². The highest BCUT2D eigenvalue weighted by atomic mass is 16.3. The van der Waals surface area contributed by atoms with Crippen LogP contribution in [-0.2, 0) is 6.42 Å². The first-order chi connectivity index (χ1) is 14.5. The first-order valence-electron chi connectivity index (χ1n) is 10.4. The highest BCUT2D eigenvalue weighted by Gasteiger charge is 2.26. The fourth-order valence-electron chi connectivity index (χ4n) is 4.22. The molecule has 158 valence electrons. The minimum absolute atomic E-state index is 0.0581. The Morgan fingerprint density at radius 1 is 1.37 bits per heavy atom. The third kappa shape index (κ3) is 3.95. The van der Waals surface area contributed by atoms with Gasteiger partial charge in [0.05, 0.1) is 17.6 Å². The van der Waals surface area contributed by atoms with Crippen LogP contribution in [-0.4, -0.2) is 35.0 Å². The number of hydrogen-bond acceptors (Lipinski definition) is 7. The molecule has 8 nitrogen and oxygen atoms in total. The lowest BCUT2D eigenvalue weighted by atomic mass is 9.96. The number of nitrogens with two attached hydrogens (primary N) is 2. The van der Waals surface area contributed by atoms with Crippen LogP contribution >= 0.6 is 0 Å². The van der Waals surface area contributed by atoms with E-state index in [-0.39, 0.29) is 23.4 Å². The molecule has 1 aliphatic heterocycles. The standard InChI is InChI=1S/C22H28N6O2/c1-3-4-14-8-18-20(26-9-14)19(21(24)30-18)22(29)27-16-10-25-6-5-17(16)28-11-13(2)7-15(23)12-28/h5-6,8-10,13,15H,3-4,7,11-12,23-24H2,1-2H3,(H,27,29). The number of nitrogens with zero attached hydrogens (tertiary/aromatic N) is 3. The van der Waals surface area contributed by atoms with Gasteiger partial charge >= 0.3 is 0 Å². The van der Waals surface area contributed by atoms with Crippen LogP contribution < -0.4 is 21.7 Å². The van der Waals surface area contributed by atoms with Crippen molar-refractivity contribution >= 4 is 34.3 Å². The van der Waals surface area contributed by atoms with Crippen molar-refractivity contribution in [3.8, 4) is 0 Å². The summed E-state index contributed by atoms with van der Waals surface area (Å²) in [5.41, 5.74) is 16.0. The number of carbonyl (C=O) groups is 1. The number of rotatable bonds is 5. The second-order valence-corrected chi connectivity index (χ2v) is 8.13. The van der Waals surface area contributed by atoms with E-state index in [4.69, 9.17) is 15.9 Å². The number of amides is 1. The molecule has 4 heterocycles. The van der Waals surface area contributed by atoms with Crippen LogP contribution in [0.25, 0.3) is 11.1 Å². The Hall–Kier alpha value is -3.13. The predicted molar refractivity (Wildman–Crippen MR) is 119 cm³/mol. The van der Waals surface area contributed by atoms with Crippen molar-refractivity contribution < 1.29 is 9.21 Å². The van der Waals surface area contributed by atoms with Crippen LogP contribution in [0.2, 0.25) is 0 Å². The normalized spacial score (nSPS) is 19.2. The van der Waals surface area contributed by atoms with Gasteiger partial charge in [0.2, 0.25) is 5.88 Å². The highest BCUT2D eigenvalue weighted by Crippen LogP contribution is 2.32. The Balaban J connectivity index is 1.63. The summed E-state index contributed by atoms with van der Waals surface area (Å²) in [7, 11) is 0. The van der Waals surface area contributed by atoms with Gasteiger partial charge in [0.15, 0.2) is 5.58 Å². The highest BCUT2D eigenvalue weighted by molar-refractivity contribution is 6.15. The van der Waals surface area contributed by atoms with Gasteiger partial charge in [-0.25, -0.2) is 0 Å². The van der Waals surface area contributed by atoms with Gasteiger partial charge in [-0.05, 0) is 36.5 Å². The van der Waals surface area contributed by atoms with Gasteiger partial charge in [-0.2, -0.15) is 0 Å². The van der Waals surface area contributed by atoms with Crippen molar-refractivity contribution in [2.45, 2.75) is 39.2 Å². The molecule has 0 bridgehead atoms. The molecule has 5 N–H and O–H groups in total. The molecule has 3 aromatic rings. The van der Waals surface area contributed by atoms with E-state index in [1.165, 1.54) is 0 Å². The number of fused-ring (bicyclic) bond motifs is 1. The summed E-state index contributed by atoms with van der Waals surface area (Å²) >= 11 is 0. The van der Waals surface area contributed by atoms with E-state index in [0.29, 0.717) is 22.7 Å². The topological polar surface area (TPSA) is 123 Å². The maximum Gasteiger partial charge on any atom is 0.263 e. The first kappa shape index (κ1) is 20.2. The maximum atomic E-state index is 13.1. The molecule has 30 heavy (non-hydrogen) atoms. The summed E-state index contributed by atoms with van der Waals surface area (Å²) in [6, 6.07) is 3.89. The van der Waals surface area contributed by atoms with Crippen molar-refractivity contribution in [2.75, 3.05) is 29.0 Å². The van der Waals surface area contributed by atoms with E-state index in [9.17, 15) is 4.79 Å². The van der Waals surface area contributed by atoms with E-state index in [0.717, 1.165) is 43.6 Å². The fourth-order valence-corrected chi connectivity index (χ4v) is 4.22. The summed E-state index contributed by atoms with van der Waals surface area (Å²) in [4.78, 5) is 23.9. The summed E-state index contributed by atoms with van der Waals surface area (Å²) in [5, 5.41) is 2.95. The Labute approximate surface area is 175 Å². The van der Waals surface area contributed by atoms with E-state index in [2.05, 4.69) is 34.0 Å². The molecule has 0 spiro atoms. The molecule has 0 saturated carbocycles. The SMILES string of the molecule is CCCc1cnc2c(C(=O)Nc3cnccc3N3CC(C)CC(N)C3)c(N)oc2c1. The molecule has 8 heteroatoms. The fraction of sp³-hybridized carbons (Fsp3) is 0.409. The second kappa shape index (κ2) is 8.31. The number of aryl methyl sites for hydroxylation is 1. The van der Waals surface area contributed by atoms with E-state index in [1.54, 1.807) is 18.6 Å². The zero-order chi connectivity index (χ0) is 21.3. The number of hydrogen-bond donors (Lipinski definition) is 3. The van der Waals surface area contributed by atoms with Gasteiger partial charge in [0.1, 0.15) is 11.1 Å². The van der Waals surface area contributed by atoms with Gasteiger partial charge < -0.3 is 26.1 Å². The lowest BCUT2D eigenvalue weighted by Gasteiger charge is -2.37. The van der Waals surface area contributed by atoms with Crippen LogP contribution in [0.1, 0.15) is 42.6 Å². The average molecular weight is 409 g/mol. The second-order valence-electron chi connectivity index (χ2n) is 8.13. The molecule has 1 aliphatic rings. The monoisotopic (exact) mass is 408 g/mol. The van der Waals surface area contributed by atoms with Crippen molar-refractivity contribution in [2.24, 2.45) is 11.7 Å². The molecule has 1 fully saturated rings. The molecular weight excluding hydrogens is 380 g/mol. The van der Waals surface area contributed by atoms with Gasteiger partial charge in [0.25, 0.3) is 5.91 Å². The molecule has 0 radical (unpaired) electrons. The van der Waals surface area contributed by atoms with Crippen LogP contribution in [0.5, 0.6) is 0 Å². The smallest absolute Gasteiger partial charge is 0.263 e. The molecule has 2 atom stereocenters. The number of nitrogens with one attached hydrogen (secondary N) is 1. The van der Waals surface area contributed by atoms with Gasteiger partial charge in [-0.15, -0.1) is 0 Å². The quantitative estimate of drug-likeness (QED) is 0.592. The largest absolute Gasteiger partial charge is 0.438 e. The number of piperidine rings is 1. The molecular formula is C22H28N6O2. The van der Waals surface area contributed by atoms with Gasteiger partial charge in [0, 0.05) is 31.5 Å². The van der Waals surface area contributed by atoms with Crippen LogP contribution in [0.15, 0.2) is 35.1 Å². The third-order valence-electron chi connectivity index (χ3n) is 5.46. The molecule has 3 aromatic heterocycles. The van der Waals surface area contributed by atoms with Crippen molar-refractivity contribution in [3.63, 3.8) is 0 Å². The lowest BCUT2D eigenvalue weighted by Crippen LogP contribution is -2.46. The zero-order valence-electron chi connectivity index (χ0n) is 17.4. The number of carbonyl (C=O) groups excluding carboxylic acids is 1. The number of furan rings is 1.